The highest BCUT2D eigenvalue weighted by atomic mass is 15.2. The number of hydrazine groups is 1. The number of benzene rings is 2. The molecule has 3 rings (SSSR count). The van der Waals surface area contributed by atoms with Gasteiger partial charge in [0, 0.05) is 6.04 Å². The van der Waals surface area contributed by atoms with Crippen molar-refractivity contribution in [3.05, 3.63) is 59.7 Å². The number of rotatable bonds is 4. The number of hydrogen-bond acceptors (Lipinski definition) is 2. The molecule has 1 atom stereocenters. The lowest BCUT2D eigenvalue weighted by molar-refractivity contribution is 0.565. The van der Waals surface area contributed by atoms with Crippen LogP contribution < -0.4 is 11.3 Å². The van der Waals surface area contributed by atoms with Crippen LogP contribution in [0.5, 0.6) is 0 Å². The topological polar surface area (TPSA) is 38.0 Å². The molecule has 110 valence electrons. The van der Waals surface area contributed by atoms with Crippen LogP contribution in [0.3, 0.4) is 0 Å². The van der Waals surface area contributed by atoms with E-state index in [0.717, 1.165) is 6.42 Å². The quantitative estimate of drug-likeness (QED) is 0.502. The summed E-state index contributed by atoms with van der Waals surface area (Å²) in [6, 6.07) is 15.4. The average molecular weight is 280 g/mol. The van der Waals surface area contributed by atoms with E-state index in [2.05, 4.69) is 54.0 Å². The van der Waals surface area contributed by atoms with Crippen LogP contribution in [-0.2, 0) is 6.42 Å². The molecule has 0 bridgehead atoms. The van der Waals surface area contributed by atoms with Crippen LogP contribution in [0.1, 0.15) is 37.7 Å². The molecule has 0 saturated carbocycles. The molecule has 2 aromatic carbocycles. The Bertz CT molecular complexity index is 625. The first-order chi connectivity index (χ1) is 10.4. The summed E-state index contributed by atoms with van der Waals surface area (Å²) in [5.41, 5.74) is 5.91. The lowest BCUT2D eigenvalue weighted by Gasteiger charge is -2.20. The van der Waals surface area contributed by atoms with E-state index >= 15 is 0 Å². The molecule has 0 fully saturated rings. The fourth-order valence-electron chi connectivity index (χ4n) is 3.34. The zero-order valence-electron chi connectivity index (χ0n) is 12.5. The fourth-order valence-corrected chi connectivity index (χ4v) is 3.34. The summed E-state index contributed by atoms with van der Waals surface area (Å²) in [6.45, 7) is 0. The third kappa shape index (κ3) is 3.34. The van der Waals surface area contributed by atoms with Crippen LogP contribution in [0.25, 0.3) is 10.8 Å². The Hall–Kier alpha value is -1.64. The molecule has 0 radical (unpaired) electrons. The molecule has 1 unspecified atom stereocenters. The number of nitrogens with two attached hydrogens (primary N) is 1. The molecule has 0 amide bonds. The third-order valence-electron chi connectivity index (χ3n) is 4.53. The number of hydrogen-bond donors (Lipinski definition) is 2. The summed E-state index contributed by atoms with van der Waals surface area (Å²) in [6.07, 6.45) is 9.69. The molecule has 0 aromatic heterocycles. The van der Waals surface area contributed by atoms with Crippen molar-refractivity contribution in [2.24, 2.45) is 5.84 Å². The predicted molar refractivity (Wildman–Crippen MR) is 89.9 cm³/mol. The number of allylic oxidation sites excluding steroid dienone is 1. The Morgan fingerprint density at radius 2 is 1.86 bits per heavy atom. The molecule has 1 aliphatic carbocycles. The molecule has 0 aliphatic heterocycles. The highest BCUT2D eigenvalue weighted by Crippen LogP contribution is 2.25. The summed E-state index contributed by atoms with van der Waals surface area (Å²) in [5.74, 6) is 5.86. The normalized spacial score (nSPS) is 17.3. The lowest BCUT2D eigenvalue weighted by atomic mass is 9.93. The predicted octanol–water partition coefficient (Wildman–Crippen LogP) is 4.10. The maximum Gasteiger partial charge on any atom is 0.0460 e. The van der Waals surface area contributed by atoms with Gasteiger partial charge in [0.25, 0.3) is 0 Å². The van der Waals surface area contributed by atoms with E-state index in [4.69, 9.17) is 5.84 Å². The SMILES string of the molecule is NNC(Cc1cccc2ccccc12)C1=CCCCCC1. The minimum absolute atomic E-state index is 0.258. The highest BCUT2D eigenvalue weighted by Gasteiger charge is 2.15. The molecule has 2 nitrogen and oxygen atoms in total. The van der Waals surface area contributed by atoms with Crippen molar-refractivity contribution in [3.63, 3.8) is 0 Å². The largest absolute Gasteiger partial charge is 0.271 e. The second-order valence-electron chi connectivity index (χ2n) is 5.94. The molecular weight excluding hydrogens is 256 g/mol. The molecule has 1 aliphatic rings. The number of fused-ring (bicyclic) bond motifs is 1. The van der Waals surface area contributed by atoms with Crippen molar-refractivity contribution < 1.29 is 0 Å². The zero-order valence-corrected chi connectivity index (χ0v) is 12.5. The van der Waals surface area contributed by atoms with Crippen molar-refractivity contribution in [1.29, 1.82) is 0 Å². The molecule has 0 heterocycles. The van der Waals surface area contributed by atoms with Gasteiger partial charge in [-0.3, -0.25) is 11.3 Å². The lowest BCUT2D eigenvalue weighted by Crippen LogP contribution is -2.38. The van der Waals surface area contributed by atoms with Gasteiger partial charge in [0.15, 0.2) is 0 Å². The zero-order chi connectivity index (χ0) is 14.5. The second kappa shape index (κ2) is 6.88. The van der Waals surface area contributed by atoms with E-state index in [0.29, 0.717) is 0 Å². The van der Waals surface area contributed by atoms with Gasteiger partial charge in [0.2, 0.25) is 0 Å². The summed E-state index contributed by atoms with van der Waals surface area (Å²) >= 11 is 0. The van der Waals surface area contributed by atoms with Crippen LogP contribution in [0.2, 0.25) is 0 Å². The van der Waals surface area contributed by atoms with Gasteiger partial charge in [-0.05, 0) is 48.4 Å². The van der Waals surface area contributed by atoms with Crippen molar-refractivity contribution >= 4 is 10.8 Å². The first-order valence-electron chi connectivity index (χ1n) is 8.00. The van der Waals surface area contributed by atoms with Crippen molar-refractivity contribution in [3.8, 4) is 0 Å². The van der Waals surface area contributed by atoms with Crippen LogP contribution in [-0.4, -0.2) is 6.04 Å². The maximum atomic E-state index is 5.86. The van der Waals surface area contributed by atoms with Gasteiger partial charge in [-0.25, -0.2) is 0 Å². The Morgan fingerprint density at radius 3 is 2.76 bits per heavy atom. The van der Waals surface area contributed by atoms with Crippen molar-refractivity contribution in [2.45, 2.75) is 44.6 Å². The molecular formula is C19H24N2. The summed E-state index contributed by atoms with van der Waals surface area (Å²) < 4.78 is 0. The summed E-state index contributed by atoms with van der Waals surface area (Å²) in [5, 5.41) is 2.65. The minimum atomic E-state index is 0.258. The standard InChI is InChI=1S/C19H24N2/c20-21-19(16-9-3-1-2-4-10-16)14-17-12-7-11-15-8-5-6-13-18(15)17/h5-9,11-13,19,21H,1-4,10,14,20H2. The van der Waals surface area contributed by atoms with E-state index in [1.807, 2.05) is 0 Å². The molecule has 21 heavy (non-hydrogen) atoms. The minimum Gasteiger partial charge on any atom is -0.271 e. The number of nitrogens with one attached hydrogen (secondary N) is 1. The van der Waals surface area contributed by atoms with Gasteiger partial charge in [-0.1, -0.05) is 60.5 Å². The van der Waals surface area contributed by atoms with Gasteiger partial charge in [-0.2, -0.15) is 0 Å². The second-order valence-corrected chi connectivity index (χ2v) is 5.94. The van der Waals surface area contributed by atoms with Crippen LogP contribution in [0, 0.1) is 0 Å². The van der Waals surface area contributed by atoms with Crippen molar-refractivity contribution in [2.75, 3.05) is 0 Å². The third-order valence-corrected chi connectivity index (χ3v) is 4.53. The average Bonchev–Trinajstić information content (AvgIpc) is 2.82. The Labute approximate surface area is 127 Å². The Kier molecular flexibility index (Phi) is 4.69. The highest BCUT2D eigenvalue weighted by molar-refractivity contribution is 5.85. The van der Waals surface area contributed by atoms with Crippen LogP contribution in [0.4, 0.5) is 0 Å². The first kappa shape index (κ1) is 14.3. The summed E-state index contributed by atoms with van der Waals surface area (Å²) in [4.78, 5) is 0. The van der Waals surface area contributed by atoms with Crippen molar-refractivity contribution in [1.82, 2.24) is 5.43 Å². The van der Waals surface area contributed by atoms with E-state index in [1.165, 1.54) is 54.0 Å². The molecule has 2 heteroatoms. The van der Waals surface area contributed by atoms with Gasteiger partial charge >= 0.3 is 0 Å². The molecule has 0 spiro atoms. The van der Waals surface area contributed by atoms with Gasteiger partial charge < -0.3 is 0 Å². The van der Waals surface area contributed by atoms with Gasteiger partial charge in [-0.15, -0.1) is 0 Å². The smallest absolute Gasteiger partial charge is 0.0460 e. The van der Waals surface area contributed by atoms with E-state index in [9.17, 15) is 0 Å². The fraction of sp³-hybridized carbons (Fsp3) is 0.368. The van der Waals surface area contributed by atoms with E-state index in [-0.39, 0.29) is 6.04 Å². The van der Waals surface area contributed by atoms with Gasteiger partial charge in [0.05, 0.1) is 0 Å². The van der Waals surface area contributed by atoms with Crippen LogP contribution in [0.15, 0.2) is 54.1 Å². The maximum absolute atomic E-state index is 5.86. The Morgan fingerprint density at radius 1 is 1.00 bits per heavy atom. The van der Waals surface area contributed by atoms with E-state index in [1.54, 1.807) is 0 Å². The first-order valence-corrected chi connectivity index (χ1v) is 8.00. The monoisotopic (exact) mass is 280 g/mol. The molecule has 3 N–H and O–H groups in total. The van der Waals surface area contributed by atoms with Gasteiger partial charge in [0.1, 0.15) is 0 Å². The van der Waals surface area contributed by atoms with E-state index < -0.39 is 0 Å². The Balaban J connectivity index is 1.87. The summed E-state index contributed by atoms with van der Waals surface area (Å²) in [7, 11) is 0. The molecule has 0 saturated heterocycles. The van der Waals surface area contributed by atoms with Crippen LogP contribution >= 0.6 is 0 Å². The molecule has 2 aromatic rings.